The van der Waals surface area contributed by atoms with Gasteiger partial charge in [-0.1, -0.05) is 0 Å². The highest BCUT2D eigenvalue weighted by Crippen LogP contribution is 2.36. The van der Waals surface area contributed by atoms with Crippen LogP contribution in [0.3, 0.4) is 0 Å². The van der Waals surface area contributed by atoms with Gasteiger partial charge in [-0.2, -0.15) is 30.0 Å². The molecule has 2 N–H and O–H groups in total. The summed E-state index contributed by atoms with van der Waals surface area (Å²) in [6.45, 7) is 2.94. The lowest BCUT2D eigenvalue weighted by Gasteiger charge is -2.24. The largest absolute Gasteiger partial charge is 0.435 e. The summed E-state index contributed by atoms with van der Waals surface area (Å²) in [6, 6.07) is 0. The topological polar surface area (TPSA) is 54.2 Å². The van der Waals surface area contributed by atoms with Crippen LogP contribution in [0.1, 0.15) is 31.0 Å². The fourth-order valence-electron chi connectivity index (χ4n) is 2.55. The van der Waals surface area contributed by atoms with Gasteiger partial charge in [-0.15, -0.1) is 0 Å². The van der Waals surface area contributed by atoms with Crippen molar-refractivity contribution in [2.24, 2.45) is 12.0 Å². The van der Waals surface area contributed by atoms with E-state index in [1.54, 1.807) is 7.05 Å². The Morgan fingerprint density at radius 1 is 1.48 bits per heavy atom. The summed E-state index contributed by atoms with van der Waals surface area (Å²) < 4.78 is 40.1. The molecule has 0 aliphatic carbocycles. The minimum atomic E-state index is -4.46. The summed E-state index contributed by atoms with van der Waals surface area (Å²) in [7, 11) is 3.08. The SMILES string of the molecule is CN=C(NCc1cn(C)nc1C(F)(F)F)NCC1(C)CCCS1. The van der Waals surface area contributed by atoms with E-state index in [4.69, 9.17) is 0 Å². The number of aliphatic imine (C=N–C) groups is 1. The van der Waals surface area contributed by atoms with E-state index in [0.29, 0.717) is 5.96 Å². The number of alkyl halides is 3. The molecule has 1 aliphatic heterocycles. The van der Waals surface area contributed by atoms with Crippen LogP contribution in [0, 0.1) is 0 Å². The molecule has 0 bridgehead atoms. The van der Waals surface area contributed by atoms with E-state index >= 15 is 0 Å². The molecule has 1 fully saturated rings. The molecule has 0 saturated carbocycles. The number of guanidine groups is 1. The second kappa shape index (κ2) is 7.02. The molecule has 0 spiro atoms. The molecule has 0 aromatic carbocycles. The molecule has 5 nitrogen and oxygen atoms in total. The Hall–Kier alpha value is -1.38. The second-order valence-electron chi connectivity index (χ2n) is 5.86. The molecule has 1 saturated heterocycles. The Labute approximate surface area is 138 Å². The number of halogens is 3. The predicted octanol–water partition coefficient (Wildman–Crippen LogP) is 2.39. The zero-order valence-electron chi connectivity index (χ0n) is 13.5. The van der Waals surface area contributed by atoms with E-state index in [-0.39, 0.29) is 16.9 Å². The number of aromatic nitrogens is 2. The van der Waals surface area contributed by atoms with Gasteiger partial charge in [-0.25, -0.2) is 0 Å². The maximum atomic E-state index is 12.9. The zero-order chi connectivity index (χ0) is 17.1. The van der Waals surface area contributed by atoms with E-state index in [1.807, 2.05) is 11.8 Å². The number of hydrogen-bond donors (Lipinski definition) is 2. The molecule has 1 aromatic heterocycles. The monoisotopic (exact) mass is 349 g/mol. The highest BCUT2D eigenvalue weighted by molar-refractivity contribution is 8.00. The fourth-order valence-corrected chi connectivity index (χ4v) is 3.80. The Morgan fingerprint density at radius 3 is 2.78 bits per heavy atom. The summed E-state index contributed by atoms with van der Waals surface area (Å²) in [4.78, 5) is 4.07. The molecule has 9 heteroatoms. The van der Waals surface area contributed by atoms with Gasteiger partial charge in [0.25, 0.3) is 0 Å². The van der Waals surface area contributed by atoms with Crippen LogP contribution in [0.4, 0.5) is 13.2 Å². The second-order valence-corrected chi connectivity index (χ2v) is 7.54. The van der Waals surface area contributed by atoms with Crippen LogP contribution in [-0.4, -0.2) is 39.8 Å². The van der Waals surface area contributed by atoms with Gasteiger partial charge >= 0.3 is 6.18 Å². The van der Waals surface area contributed by atoms with Crippen molar-refractivity contribution in [1.29, 1.82) is 0 Å². The molecule has 2 rings (SSSR count). The number of hydrogen-bond acceptors (Lipinski definition) is 3. The van der Waals surface area contributed by atoms with Crippen molar-refractivity contribution < 1.29 is 13.2 Å². The Bertz CT molecular complexity index is 561. The average molecular weight is 349 g/mol. The molecule has 1 aliphatic rings. The lowest BCUT2D eigenvalue weighted by atomic mass is 10.1. The van der Waals surface area contributed by atoms with Crippen LogP contribution in [0.15, 0.2) is 11.2 Å². The minimum absolute atomic E-state index is 0.0201. The lowest BCUT2D eigenvalue weighted by molar-refractivity contribution is -0.142. The van der Waals surface area contributed by atoms with Crippen LogP contribution >= 0.6 is 11.8 Å². The first-order chi connectivity index (χ1) is 10.7. The first-order valence-electron chi connectivity index (χ1n) is 7.42. The third-order valence-electron chi connectivity index (χ3n) is 3.77. The van der Waals surface area contributed by atoms with E-state index < -0.39 is 11.9 Å². The van der Waals surface area contributed by atoms with Gasteiger partial charge in [0.1, 0.15) is 0 Å². The van der Waals surface area contributed by atoms with E-state index in [9.17, 15) is 13.2 Å². The van der Waals surface area contributed by atoms with Gasteiger partial charge in [-0.05, 0) is 25.5 Å². The summed E-state index contributed by atoms with van der Waals surface area (Å²) in [6.07, 6.45) is -0.761. The molecule has 2 heterocycles. The molecular formula is C14H22F3N5S. The summed E-state index contributed by atoms with van der Waals surface area (Å²) in [5.74, 6) is 1.64. The van der Waals surface area contributed by atoms with Gasteiger partial charge in [0.2, 0.25) is 0 Å². The number of rotatable bonds is 4. The number of aryl methyl sites for hydroxylation is 1. The molecule has 0 radical (unpaired) electrons. The molecule has 1 unspecified atom stereocenters. The Balaban J connectivity index is 1.93. The van der Waals surface area contributed by atoms with Crippen LogP contribution in [0.2, 0.25) is 0 Å². The van der Waals surface area contributed by atoms with Crippen LogP contribution in [-0.2, 0) is 19.8 Å². The smallest absolute Gasteiger partial charge is 0.355 e. The average Bonchev–Trinajstić information content (AvgIpc) is 3.05. The highest BCUT2D eigenvalue weighted by Gasteiger charge is 2.36. The predicted molar refractivity (Wildman–Crippen MR) is 86.5 cm³/mol. The van der Waals surface area contributed by atoms with Crippen molar-refractivity contribution in [2.75, 3.05) is 19.3 Å². The van der Waals surface area contributed by atoms with E-state index in [1.165, 1.54) is 24.3 Å². The van der Waals surface area contributed by atoms with Crippen LogP contribution < -0.4 is 10.6 Å². The zero-order valence-corrected chi connectivity index (χ0v) is 14.3. The maximum absolute atomic E-state index is 12.9. The molecule has 23 heavy (non-hydrogen) atoms. The molecule has 1 atom stereocenters. The standard InChI is InChI=1S/C14H22F3N5S/c1-13(5-4-6-23-13)9-20-12(18-2)19-7-10-8-22(3)21-11(10)14(15,16)17/h8H,4-7,9H2,1-3H3,(H2,18,19,20). The van der Waals surface area contributed by atoms with Crippen molar-refractivity contribution in [2.45, 2.75) is 37.2 Å². The first-order valence-corrected chi connectivity index (χ1v) is 8.40. The van der Waals surface area contributed by atoms with Crippen LogP contribution in [0.5, 0.6) is 0 Å². The van der Waals surface area contributed by atoms with Gasteiger partial charge in [0, 0.05) is 43.7 Å². The quantitative estimate of drug-likeness (QED) is 0.647. The van der Waals surface area contributed by atoms with Crippen molar-refractivity contribution in [1.82, 2.24) is 20.4 Å². The van der Waals surface area contributed by atoms with Gasteiger partial charge in [-0.3, -0.25) is 9.67 Å². The molecule has 0 amide bonds. The molecule has 1 aromatic rings. The summed E-state index contributed by atoms with van der Waals surface area (Å²) >= 11 is 1.91. The van der Waals surface area contributed by atoms with Gasteiger partial charge in [0.15, 0.2) is 11.7 Å². The van der Waals surface area contributed by atoms with E-state index in [2.05, 4.69) is 27.6 Å². The highest BCUT2D eigenvalue weighted by atomic mass is 32.2. The fraction of sp³-hybridized carbons (Fsp3) is 0.714. The van der Waals surface area contributed by atoms with Gasteiger partial charge in [0.05, 0.1) is 0 Å². The van der Waals surface area contributed by atoms with Crippen molar-refractivity contribution in [3.63, 3.8) is 0 Å². The van der Waals surface area contributed by atoms with Crippen LogP contribution in [0.25, 0.3) is 0 Å². The number of nitrogens with one attached hydrogen (secondary N) is 2. The third kappa shape index (κ3) is 4.79. The van der Waals surface area contributed by atoms with E-state index in [0.717, 1.165) is 18.7 Å². The first kappa shape index (κ1) is 18.0. The minimum Gasteiger partial charge on any atom is -0.355 e. The summed E-state index contributed by atoms with van der Waals surface area (Å²) in [5.41, 5.74) is -0.759. The van der Waals surface area contributed by atoms with Gasteiger partial charge < -0.3 is 10.6 Å². The normalized spacial score (nSPS) is 22.4. The van der Waals surface area contributed by atoms with Crippen molar-refractivity contribution in [3.05, 3.63) is 17.5 Å². The lowest BCUT2D eigenvalue weighted by Crippen LogP contribution is -2.43. The third-order valence-corrected chi connectivity index (χ3v) is 5.31. The summed E-state index contributed by atoms with van der Waals surface area (Å²) in [5, 5.41) is 9.62. The van der Waals surface area contributed by atoms with Crippen molar-refractivity contribution >= 4 is 17.7 Å². The molecule has 130 valence electrons. The molecular weight excluding hydrogens is 327 g/mol. The number of nitrogens with zero attached hydrogens (tertiary/aromatic N) is 3. The number of thioether (sulfide) groups is 1. The Kier molecular flexibility index (Phi) is 5.49. The maximum Gasteiger partial charge on any atom is 0.435 e. The van der Waals surface area contributed by atoms with Crippen molar-refractivity contribution in [3.8, 4) is 0 Å². The Morgan fingerprint density at radius 2 is 2.22 bits per heavy atom.